The van der Waals surface area contributed by atoms with Gasteiger partial charge in [0, 0.05) is 18.2 Å². The van der Waals surface area contributed by atoms with Crippen molar-refractivity contribution in [2.45, 2.75) is 18.0 Å². The van der Waals surface area contributed by atoms with Crippen LogP contribution in [0.5, 0.6) is 0 Å². The van der Waals surface area contributed by atoms with Gasteiger partial charge in [-0.3, -0.25) is 9.59 Å². The van der Waals surface area contributed by atoms with Gasteiger partial charge in [0.15, 0.2) is 0 Å². The summed E-state index contributed by atoms with van der Waals surface area (Å²) in [5, 5.41) is 3.10. The minimum absolute atomic E-state index is 0.0446. The van der Waals surface area contributed by atoms with E-state index in [2.05, 4.69) is 10.6 Å². The molecule has 2 N–H and O–H groups in total. The van der Waals surface area contributed by atoms with Gasteiger partial charge in [-0.25, -0.2) is 13.2 Å². The lowest BCUT2D eigenvalue weighted by molar-refractivity contribution is -0.138. The molecule has 2 amide bonds. The zero-order valence-corrected chi connectivity index (χ0v) is 18.8. The van der Waals surface area contributed by atoms with Crippen LogP contribution in [0.4, 0.5) is 37.7 Å². The van der Waals surface area contributed by atoms with Crippen LogP contribution in [0.15, 0.2) is 54.6 Å². The van der Waals surface area contributed by atoms with Gasteiger partial charge >= 0.3 is 6.18 Å². The number of nitrogens with one attached hydrogen (secondary N) is 2. The van der Waals surface area contributed by atoms with Gasteiger partial charge in [0.05, 0.1) is 27.2 Å². The molecule has 1 atom stereocenters. The van der Waals surface area contributed by atoms with Crippen molar-refractivity contribution >= 4 is 46.4 Å². The summed E-state index contributed by atoms with van der Waals surface area (Å²) < 4.78 is 79.8. The third-order valence-corrected chi connectivity index (χ3v) is 5.42. The number of carbonyl (C=O) groups excluding carboxylic acids is 2. The Morgan fingerprint density at radius 3 is 2.20 bits per heavy atom. The normalized spacial score (nSPS) is 12.2. The maximum atomic E-state index is 13.8. The Morgan fingerprint density at radius 2 is 1.54 bits per heavy atom. The Bertz CT molecular complexity index is 1280. The van der Waals surface area contributed by atoms with Gasteiger partial charge in [-0.2, -0.15) is 13.2 Å². The Morgan fingerprint density at radius 1 is 0.886 bits per heavy atom. The molecule has 35 heavy (non-hydrogen) atoms. The maximum Gasteiger partial charge on any atom is 0.416 e. The minimum atomic E-state index is -4.89. The average molecular weight is 535 g/mol. The number of alkyl halides is 4. The molecule has 0 aliphatic heterocycles. The van der Waals surface area contributed by atoms with E-state index in [1.165, 1.54) is 12.1 Å². The summed E-state index contributed by atoms with van der Waals surface area (Å²) in [6.07, 6.45) is -5.50. The number of amides is 2. The Balaban J connectivity index is 1.74. The van der Waals surface area contributed by atoms with Crippen LogP contribution in [0, 0.1) is 17.5 Å². The Hall–Kier alpha value is -3.24. The summed E-state index contributed by atoms with van der Waals surface area (Å²) in [6, 6.07) is 8.18. The molecule has 0 aromatic heterocycles. The molecule has 184 valence electrons. The van der Waals surface area contributed by atoms with Gasteiger partial charge in [-0.05, 0) is 48.0 Å². The molecule has 0 saturated carbocycles. The molecule has 3 rings (SSSR count). The number of hydrogen-bond acceptors (Lipinski definition) is 2. The number of carbonyl (C=O) groups is 2. The van der Waals surface area contributed by atoms with E-state index in [9.17, 15) is 35.9 Å². The van der Waals surface area contributed by atoms with Crippen molar-refractivity contribution in [1.29, 1.82) is 0 Å². The first-order valence-electron chi connectivity index (χ1n) is 9.71. The highest BCUT2D eigenvalue weighted by Crippen LogP contribution is 2.38. The van der Waals surface area contributed by atoms with Gasteiger partial charge in [0.25, 0.3) is 5.91 Å². The lowest BCUT2D eigenvalue weighted by Gasteiger charge is -2.17. The molecule has 4 nitrogen and oxygen atoms in total. The smallest absolute Gasteiger partial charge is 0.326 e. The summed E-state index contributed by atoms with van der Waals surface area (Å²) in [7, 11) is 0. The van der Waals surface area contributed by atoms with Crippen molar-refractivity contribution < 1.29 is 35.9 Å². The predicted molar refractivity (Wildman–Crippen MR) is 119 cm³/mol. The Kier molecular flexibility index (Phi) is 7.97. The zero-order chi connectivity index (χ0) is 25.9. The van der Waals surface area contributed by atoms with Crippen LogP contribution >= 0.6 is 23.2 Å². The molecule has 0 spiro atoms. The SMILES string of the molecule is O=C(CC(Cl)c1ccc(F)cc1C(F)(F)F)Nc1ccc(Cl)c(C(=O)Nc2ccc(F)cc2F)c1. The summed E-state index contributed by atoms with van der Waals surface area (Å²) in [6.45, 7) is 0. The minimum Gasteiger partial charge on any atom is -0.326 e. The van der Waals surface area contributed by atoms with E-state index in [1.54, 1.807) is 0 Å². The van der Waals surface area contributed by atoms with Crippen molar-refractivity contribution in [3.8, 4) is 0 Å². The number of anilines is 2. The lowest BCUT2D eigenvalue weighted by atomic mass is 10.0. The fraction of sp³-hybridized carbons (Fsp3) is 0.130. The fourth-order valence-electron chi connectivity index (χ4n) is 3.09. The molecule has 0 saturated heterocycles. The highest BCUT2D eigenvalue weighted by molar-refractivity contribution is 6.34. The molecule has 0 radical (unpaired) electrons. The molecular weight excluding hydrogens is 521 g/mol. The summed E-state index contributed by atoms with van der Waals surface area (Å²) in [4.78, 5) is 24.9. The van der Waals surface area contributed by atoms with Crippen LogP contribution in [0.1, 0.15) is 33.3 Å². The van der Waals surface area contributed by atoms with Crippen LogP contribution in [0.3, 0.4) is 0 Å². The number of halogens is 8. The lowest BCUT2D eigenvalue weighted by Crippen LogP contribution is -2.18. The molecule has 12 heteroatoms. The second-order valence-corrected chi connectivity index (χ2v) is 8.16. The van der Waals surface area contributed by atoms with Crippen molar-refractivity contribution in [2.75, 3.05) is 10.6 Å². The monoisotopic (exact) mass is 534 g/mol. The van der Waals surface area contributed by atoms with Crippen LogP contribution in [-0.2, 0) is 11.0 Å². The van der Waals surface area contributed by atoms with Gasteiger partial charge in [0.2, 0.25) is 5.91 Å². The molecule has 0 fully saturated rings. The van der Waals surface area contributed by atoms with E-state index in [0.29, 0.717) is 6.07 Å². The first-order chi connectivity index (χ1) is 16.3. The van der Waals surface area contributed by atoms with Gasteiger partial charge in [-0.1, -0.05) is 17.7 Å². The van der Waals surface area contributed by atoms with Crippen LogP contribution in [0.2, 0.25) is 5.02 Å². The topological polar surface area (TPSA) is 58.2 Å². The Labute approximate surface area is 204 Å². The van der Waals surface area contributed by atoms with E-state index in [4.69, 9.17) is 23.2 Å². The van der Waals surface area contributed by atoms with Gasteiger partial charge in [-0.15, -0.1) is 11.6 Å². The molecule has 3 aromatic rings. The van der Waals surface area contributed by atoms with E-state index in [-0.39, 0.29) is 28.0 Å². The van der Waals surface area contributed by atoms with Crippen molar-refractivity contribution in [3.63, 3.8) is 0 Å². The first-order valence-corrected chi connectivity index (χ1v) is 10.5. The van der Waals surface area contributed by atoms with E-state index in [0.717, 1.165) is 30.3 Å². The molecule has 1 unspecified atom stereocenters. The summed E-state index contributed by atoms with van der Waals surface area (Å²) in [5.74, 6) is -4.65. The van der Waals surface area contributed by atoms with E-state index in [1.807, 2.05) is 0 Å². The zero-order valence-electron chi connectivity index (χ0n) is 17.3. The third-order valence-electron chi connectivity index (χ3n) is 4.70. The third kappa shape index (κ3) is 6.67. The van der Waals surface area contributed by atoms with Crippen LogP contribution < -0.4 is 10.6 Å². The van der Waals surface area contributed by atoms with Crippen LogP contribution in [0.25, 0.3) is 0 Å². The number of benzene rings is 3. The average Bonchev–Trinajstić information content (AvgIpc) is 2.76. The quantitative estimate of drug-likeness (QED) is 0.257. The summed E-state index contributed by atoms with van der Waals surface area (Å²) in [5.41, 5.74) is -2.22. The molecular formula is C23H14Cl2F6N2O2. The van der Waals surface area contributed by atoms with Gasteiger partial charge < -0.3 is 10.6 Å². The second kappa shape index (κ2) is 10.6. The van der Waals surface area contributed by atoms with Crippen molar-refractivity contribution in [2.24, 2.45) is 0 Å². The fourth-order valence-corrected chi connectivity index (χ4v) is 3.62. The molecule has 0 heterocycles. The molecule has 0 aliphatic carbocycles. The highest BCUT2D eigenvalue weighted by atomic mass is 35.5. The largest absolute Gasteiger partial charge is 0.416 e. The molecule has 3 aromatic carbocycles. The summed E-state index contributed by atoms with van der Waals surface area (Å²) >= 11 is 12.0. The number of rotatable bonds is 6. The van der Waals surface area contributed by atoms with Gasteiger partial charge in [0.1, 0.15) is 17.5 Å². The first kappa shape index (κ1) is 26.4. The number of hydrogen-bond donors (Lipinski definition) is 2. The van der Waals surface area contributed by atoms with E-state index < -0.39 is 58.4 Å². The molecule has 0 bridgehead atoms. The van der Waals surface area contributed by atoms with Crippen molar-refractivity contribution in [1.82, 2.24) is 0 Å². The molecule has 0 aliphatic rings. The second-order valence-electron chi connectivity index (χ2n) is 7.22. The maximum absolute atomic E-state index is 13.8. The van der Waals surface area contributed by atoms with E-state index >= 15 is 0 Å². The van der Waals surface area contributed by atoms with Crippen molar-refractivity contribution in [3.05, 3.63) is 93.8 Å². The predicted octanol–water partition coefficient (Wildman–Crippen LogP) is 7.34. The standard InChI is InChI=1S/C23H14Cl2F6N2O2/c24-17-5-3-13(9-15(17)22(35)33-20-6-2-12(27)8-19(20)28)32-21(34)10-18(25)14-4-1-11(26)7-16(14)23(29,30)31/h1-9,18H,10H2,(H,32,34)(H,33,35). The van der Waals surface area contributed by atoms with Crippen LogP contribution in [-0.4, -0.2) is 11.8 Å². The highest BCUT2D eigenvalue weighted by Gasteiger charge is 2.35.